The van der Waals surface area contributed by atoms with Crippen LogP contribution in [0, 0.1) is 13.8 Å². The van der Waals surface area contributed by atoms with Crippen molar-refractivity contribution in [2.75, 3.05) is 12.0 Å². The number of methoxy groups -OCH3 is 1. The Hall–Kier alpha value is -4.62. The van der Waals surface area contributed by atoms with Crippen LogP contribution in [-0.4, -0.2) is 21.8 Å². The molecular formula is C33H30N4O2S. The summed E-state index contributed by atoms with van der Waals surface area (Å²) in [7, 11) is 1.68. The number of nitrogens with zero attached hydrogens (tertiary/aromatic N) is 3. The van der Waals surface area contributed by atoms with Gasteiger partial charge in [-0.05, 0) is 110 Å². The number of ether oxygens (including phenoxy) is 2. The van der Waals surface area contributed by atoms with Crippen LogP contribution in [0.5, 0.6) is 17.2 Å². The molecule has 0 aliphatic carbocycles. The lowest BCUT2D eigenvalue weighted by Gasteiger charge is -2.28. The number of nitrogens with one attached hydrogen (secondary N) is 1. The van der Waals surface area contributed by atoms with Gasteiger partial charge in [0.15, 0.2) is 5.11 Å². The number of hydrogen-bond acceptors (Lipinski definition) is 4. The Labute approximate surface area is 239 Å². The third-order valence-electron chi connectivity index (χ3n) is 7.31. The van der Waals surface area contributed by atoms with Crippen molar-refractivity contribution in [2.45, 2.75) is 25.9 Å². The zero-order valence-corrected chi connectivity index (χ0v) is 23.4. The average Bonchev–Trinajstić information content (AvgIpc) is 3.49. The van der Waals surface area contributed by atoms with Crippen molar-refractivity contribution in [3.05, 3.63) is 132 Å². The Morgan fingerprint density at radius 1 is 0.775 bits per heavy atom. The zero-order valence-electron chi connectivity index (χ0n) is 22.6. The largest absolute Gasteiger partial charge is 0.497 e. The summed E-state index contributed by atoms with van der Waals surface area (Å²) in [6, 6.07) is 34.0. The minimum Gasteiger partial charge on any atom is -0.497 e. The van der Waals surface area contributed by atoms with Crippen LogP contribution in [0.25, 0.3) is 5.69 Å². The fraction of sp³-hybridized carbons (Fsp3) is 0.152. The molecule has 3 aromatic carbocycles. The molecular weight excluding hydrogens is 516 g/mol. The molecule has 2 atom stereocenters. The second kappa shape index (κ2) is 10.9. The molecule has 1 saturated heterocycles. The summed E-state index contributed by atoms with van der Waals surface area (Å²) in [5.41, 5.74) is 6.47. The molecule has 200 valence electrons. The number of thiocarbonyl (C=S) groups is 1. The van der Waals surface area contributed by atoms with E-state index in [9.17, 15) is 0 Å². The molecule has 0 unspecified atom stereocenters. The first-order chi connectivity index (χ1) is 19.5. The van der Waals surface area contributed by atoms with Gasteiger partial charge in [-0.3, -0.25) is 4.98 Å². The Morgan fingerprint density at radius 2 is 1.43 bits per heavy atom. The molecule has 0 spiro atoms. The van der Waals surface area contributed by atoms with E-state index >= 15 is 0 Å². The standard InChI is InChI=1S/C33H30N4O2S/c1-22-21-29(23(2)36(22)24-12-16-26(38-3)17-13-24)32-31(30-11-7-8-20-34-30)35-33(40)37(32)25-14-18-28(19-15-25)39-27-9-5-4-6-10-27/h4-21,31-32H,1-3H3,(H,35,40)/t31-,32-/m0/s1. The lowest BCUT2D eigenvalue weighted by molar-refractivity contribution is 0.414. The van der Waals surface area contributed by atoms with Crippen molar-refractivity contribution in [1.29, 1.82) is 0 Å². The summed E-state index contributed by atoms with van der Waals surface area (Å²) in [6.45, 7) is 4.30. The van der Waals surface area contributed by atoms with E-state index in [1.165, 1.54) is 5.56 Å². The topological polar surface area (TPSA) is 51.5 Å². The molecule has 0 radical (unpaired) electrons. The number of aryl methyl sites for hydroxylation is 1. The van der Waals surface area contributed by atoms with Gasteiger partial charge in [0.2, 0.25) is 0 Å². The predicted molar refractivity (Wildman–Crippen MR) is 163 cm³/mol. The van der Waals surface area contributed by atoms with Crippen LogP contribution >= 0.6 is 12.2 Å². The smallest absolute Gasteiger partial charge is 0.174 e. The van der Waals surface area contributed by atoms with Crippen molar-refractivity contribution in [3.8, 4) is 22.9 Å². The third-order valence-corrected chi connectivity index (χ3v) is 7.63. The third kappa shape index (κ3) is 4.80. The van der Waals surface area contributed by atoms with E-state index in [4.69, 9.17) is 26.7 Å². The first kappa shape index (κ1) is 25.6. The lowest BCUT2D eigenvalue weighted by atomic mass is 9.96. The van der Waals surface area contributed by atoms with E-state index in [0.29, 0.717) is 5.11 Å². The molecule has 3 heterocycles. The highest BCUT2D eigenvalue weighted by molar-refractivity contribution is 7.80. The maximum atomic E-state index is 6.04. The summed E-state index contributed by atoms with van der Waals surface area (Å²) in [4.78, 5) is 6.90. The molecule has 1 N–H and O–H groups in total. The van der Waals surface area contributed by atoms with Crippen molar-refractivity contribution in [1.82, 2.24) is 14.9 Å². The van der Waals surface area contributed by atoms with Crippen LogP contribution in [0.4, 0.5) is 5.69 Å². The first-order valence-electron chi connectivity index (χ1n) is 13.2. The van der Waals surface area contributed by atoms with Gasteiger partial charge in [0.05, 0.1) is 24.9 Å². The van der Waals surface area contributed by atoms with Gasteiger partial charge in [-0.1, -0.05) is 24.3 Å². The van der Waals surface area contributed by atoms with Crippen LogP contribution in [0.15, 0.2) is 109 Å². The van der Waals surface area contributed by atoms with E-state index < -0.39 is 0 Å². The number of benzene rings is 3. The molecule has 0 saturated carbocycles. The van der Waals surface area contributed by atoms with E-state index in [1.807, 2.05) is 72.9 Å². The predicted octanol–water partition coefficient (Wildman–Crippen LogP) is 7.47. The van der Waals surface area contributed by atoms with E-state index in [2.05, 4.69) is 65.0 Å². The van der Waals surface area contributed by atoms with Gasteiger partial charge in [0.25, 0.3) is 0 Å². The number of aromatic nitrogens is 2. The maximum Gasteiger partial charge on any atom is 0.174 e. The summed E-state index contributed by atoms with van der Waals surface area (Å²) < 4.78 is 13.7. The van der Waals surface area contributed by atoms with Crippen molar-refractivity contribution in [2.24, 2.45) is 0 Å². The van der Waals surface area contributed by atoms with Crippen LogP contribution in [0.3, 0.4) is 0 Å². The maximum absolute atomic E-state index is 6.04. The number of hydrogen-bond donors (Lipinski definition) is 1. The summed E-state index contributed by atoms with van der Waals surface area (Å²) in [6.07, 6.45) is 1.83. The Kier molecular flexibility index (Phi) is 6.97. The molecule has 6 rings (SSSR count). The normalized spacial score (nSPS) is 16.6. The van der Waals surface area contributed by atoms with Crippen molar-refractivity contribution >= 4 is 23.0 Å². The van der Waals surface area contributed by atoms with Crippen LogP contribution in [0.2, 0.25) is 0 Å². The van der Waals surface area contributed by atoms with Gasteiger partial charge in [0, 0.05) is 29.0 Å². The number of rotatable bonds is 7. The highest BCUT2D eigenvalue weighted by Gasteiger charge is 2.42. The number of anilines is 1. The van der Waals surface area contributed by atoms with Gasteiger partial charge >= 0.3 is 0 Å². The molecule has 0 bridgehead atoms. The van der Waals surface area contributed by atoms with Gasteiger partial charge < -0.3 is 24.3 Å². The Morgan fingerprint density at radius 3 is 2.10 bits per heavy atom. The molecule has 1 fully saturated rings. The van der Waals surface area contributed by atoms with Crippen LogP contribution < -0.4 is 19.7 Å². The molecule has 5 aromatic rings. The zero-order chi connectivity index (χ0) is 27.6. The first-order valence-corrected chi connectivity index (χ1v) is 13.6. The van der Waals surface area contributed by atoms with E-state index in [0.717, 1.165) is 45.7 Å². The van der Waals surface area contributed by atoms with Crippen molar-refractivity contribution < 1.29 is 9.47 Å². The highest BCUT2D eigenvalue weighted by atomic mass is 32.1. The molecule has 7 heteroatoms. The quantitative estimate of drug-likeness (QED) is 0.214. The summed E-state index contributed by atoms with van der Waals surface area (Å²) >= 11 is 5.95. The summed E-state index contributed by atoms with van der Waals surface area (Å²) in [5, 5.41) is 4.23. The highest BCUT2D eigenvalue weighted by Crippen LogP contribution is 2.44. The average molecular weight is 547 g/mol. The monoisotopic (exact) mass is 546 g/mol. The van der Waals surface area contributed by atoms with Crippen LogP contribution in [-0.2, 0) is 0 Å². The van der Waals surface area contributed by atoms with Crippen LogP contribution in [0.1, 0.15) is 34.7 Å². The molecule has 1 aliphatic heterocycles. The Bertz CT molecular complexity index is 1620. The van der Waals surface area contributed by atoms with Gasteiger partial charge in [-0.2, -0.15) is 0 Å². The lowest BCUT2D eigenvalue weighted by Crippen LogP contribution is -2.29. The molecule has 6 nitrogen and oxygen atoms in total. The second-order valence-electron chi connectivity index (χ2n) is 9.77. The molecule has 0 amide bonds. The molecule has 2 aromatic heterocycles. The fourth-order valence-corrected chi connectivity index (χ4v) is 5.81. The molecule has 40 heavy (non-hydrogen) atoms. The van der Waals surface area contributed by atoms with Gasteiger partial charge in [-0.15, -0.1) is 0 Å². The van der Waals surface area contributed by atoms with Crippen molar-refractivity contribution in [3.63, 3.8) is 0 Å². The number of pyridine rings is 1. The SMILES string of the molecule is COc1ccc(-n2c(C)cc([C@H]3[C@H](c4ccccn4)NC(=S)N3c3ccc(Oc4ccccc4)cc3)c2C)cc1. The van der Waals surface area contributed by atoms with E-state index in [1.54, 1.807) is 7.11 Å². The Balaban J connectivity index is 1.41. The minimum atomic E-state index is -0.126. The molecule has 1 aliphatic rings. The fourth-order valence-electron chi connectivity index (χ4n) is 5.46. The summed E-state index contributed by atoms with van der Waals surface area (Å²) in [5.74, 6) is 2.40. The second-order valence-corrected chi connectivity index (χ2v) is 10.2. The number of para-hydroxylation sites is 1. The van der Waals surface area contributed by atoms with Gasteiger partial charge in [0.1, 0.15) is 17.2 Å². The van der Waals surface area contributed by atoms with E-state index in [-0.39, 0.29) is 12.1 Å². The minimum absolute atomic E-state index is 0.110. The van der Waals surface area contributed by atoms with Gasteiger partial charge in [-0.25, -0.2) is 0 Å².